The Hall–Kier alpha value is -1.07. The van der Waals surface area contributed by atoms with Crippen LogP contribution in [0.2, 0.25) is 0 Å². The summed E-state index contributed by atoms with van der Waals surface area (Å²) in [6.45, 7) is 2.80. The van der Waals surface area contributed by atoms with E-state index in [1.165, 1.54) is 6.26 Å². The fourth-order valence-electron chi connectivity index (χ4n) is 1.51. The summed E-state index contributed by atoms with van der Waals surface area (Å²) in [6, 6.07) is 5.80. The standard InChI is InChI=1S/C12H19NO3S/c1-10-4-5-12(11(8-10)9-13)16-6-3-7-17(2,14)15/h4-5,8H,3,6-7,9,13H2,1-2H3. The zero-order valence-corrected chi connectivity index (χ0v) is 11.1. The van der Waals surface area contributed by atoms with Crippen molar-refractivity contribution in [2.24, 2.45) is 5.73 Å². The van der Waals surface area contributed by atoms with Gasteiger partial charge >= 0.3 is 0 Å². The van der Waals surface area contributed by atoms with Crippen molar-refractivity contribution in [3.05, 3.63) is 29.3 Å². The molecule has 0 fully saturated rings. The van der Waals surface area contributed by atoms with Gasteiger partial charge < -0.3 is 10.5 Å². The van der Waals surface area contributed by atoms with Gasteiger partial charge in [0.05, 0.1) is 12.4 Å². The zero-order valence-electron chi connectivity index (χ0n) is 10.3. The molecule has 0 aliphatic rings. The van der Waals surface area contributed by atoms with Gasteiger partial charge in [-0.2, -0.15) is 0 Å². The average Bonchev–Trinajstić information content (AvgIpc) is 2.24. The van der Waals surface area contributed by atoms with Crippen LogP contribution in [0.4, 0.5) is 0 Å². The molecule has 0 saturated heterocycles. The molecule has 4 nitrogen and oxygen atoms in total. The molecular weight excluding hydrogens is 238 g/mol. The third-order valence-corrected chi connectivity index (χ3v) is 3.38. The molecule has 0 amide bonds. The molecule has 0 saturated carbocycles. The molecule has 96 valence electrons. The van der Waals surface area contributed by atoms with E-state index in [4.69, 9.17) is 10.5 Å². The Morgan fingerprint density at radius 3 is 2.65 bits per heavy atom. The highest BCUT2D eigenvalue weighted by molar-refractivity contribution is 7.90. The van der Waals surface area contributed by atoms with Crippen LogP contribution in [0.15, 0.2) is 18.2 Å². The van der Waals surface area contributed by atoms with Gasteiger partial charge in [0, 0.05) is 18.4 Å². The van der Waals surface area contributed by atoms with Crippen molar-refractivity contribution < 1.29 is 13.2 Å². The van der Waals surface area contributed by atoms with Crippen LogP contribution in [0.3, 0.4) is 0 Å². The molecule has 17 heavy (non-hydrogen) atoms. The Balaban J connectivity index is 2.52. The predicted molar refractivity (Wildman–Crippen MR) is 68.9 cm³/mol. The van der Waals surface area contributed by atoms with E-state index >= 15 is 0 Å². The van der Waals surface area contributed by atoms with Crippen molar-refractivity contribution in [1.82, 2.24) is 0 Å². The first kappa shape index (κ1) is 14.0. The highest BCUT2D eigenvalue weighted by Gasteiger charge is 2.04. The van der Waals surface area contributed by atoms with Crippen LogP contribution >= 0.6 is 0 Å². The number of nitrogens with two attached hydrogens (primary N) is 1. The number of aryl methyl sites for hydroxylation is 1. The van der Waals surface area contributed by atoms with E-state index in [0.717, 1.165) is 16.9 Å². The third-order valence-electron chi connectivity index (χ3n) is 2.35. The lowest BCUT2D eigenvalue weighted by Crippen LogP contribution is -2.09. The molecular formula is C12H19NO3S. The molecule has 1 aromatic rings. The first-order valence-electron chi connectivity index (χ1n) is 5.52. The molecule has 1 aromatic carbocycles. The van der Waals surface area contributed by atoms with Crippen LogP contribution in [-0.4, -0.2) is 27.0 Å². The van der Waals surface area contributed by atoms with Crippen molar-refractivity contribution in [2.75, 3.05) is 18.6 Å². The first-order chi connectivity index (χ1) is 7.92. The zero-order chi connectivity index (χ0) is 12.9. The highest BCUT2D eigenvalue weighted by Crippen LogP contribution is 2.19. The largest absolute Gasteiger partial charge is 0.493 e. The molecule has 0 aromatic heterocycles. The molecule has 0 spiro atoms. The Morgan fingerprint density at radius 1 is 1.35 bits per heavy atom. The van der Waals surface area contributed by atoms with E-state index in [-0.39, 0.29) is 5.75 Å². The second-order valence-electron chi connectivity index (χ2n) is 4.15. The van der Waals surface area contributed by atoms with Crippen molar-refractivity contribution in [1.29, 1.82) is 0 Å². The molecule has 0 unspecified atom stereocenters. The lowest BCUT2D eigenvalue weighted by Gasteiger charge is -2.10. The molecule has 0 radical (unpaired) electrons. The van der Waals surface area contributed by atoms with Crippen LogP contribution in [0, 0.1) is 6.92 Å². The van der Waals surface area contributed by atoms with E-state index < -0.39 is 9.84 Å². The lowest BCUT2D eigenvalue weighted by molar-refractivity contribution is 0.314. The van der Waals surface area contributed by atoms with Gasteiger partial charge in [-0.3, -0.25) is 0 Å². The van der Waals surface area contributed by atoms with Crippen LogP contribution in [0.25, 0.3) is 0 Å². The minimum absolute atomic E-state index is 0.150. The SMILES string of the molecule is Cc1ccc(OCCCS(C)(=O)=O)c(CN)c1. The Labute approximate surface area is 103 Å². The van der Waals surface area contributed by atoms with Crippen molar-refractivity contribution in [2.45, 2.75) is 19.9 Å². The smallest absolute Gasteiger partial charge is 0.147 e. The van der Waals surface area contributed by atoms with Crippen LogP contribution in [0.1, 0.15) is 17.5 Å². The van der Waals surface area contributed by atoms with E-state index in [2.05, 4.69) is 0 Å². The molecule has 0 aliphatic heterocycles. The summed E-state index contributed by atoms with van der Waals surface area (Å²) in [7, 11) is -2.91. The maximum atomic E-state index is 10.9. The van der Waals surface area contributed by atoms with E-state index in [1.54, 1.807) is 0 Å². The number of sulfone groups is 1. The minimum atomic E-state index is -2.91. The Morgan fingerprint density at radius 2 is 2.06 bits per heavy atom. The summed E-state index contributed by atoms with van der Waals surface area (Å²) < 4.78 is 27.4. The summed E-state index contributed by atoms with van der Waals surface area (Å²) in [5.41, 5.74) is 7.70. The van der Waals surface area contributed by atoms with Gasteiger partial charge in [-0.25, -0.2) is 8.42 Å². The average molecular weight is 257 g/mol. The predicted octanol–water partition coefficient (Wildman–Crippen LogP) is 1.27. The Bertz CT molecular complexity index is 469. The van der Waals surface area contributed by atoms with Gasteiger partial charge in [0.15, 0.2) is 0 Å². The number of hydrogen-bond donors (Lipinski definition) is 1. The van der Waals surface area contributed by atoms with Crippen LogP contribution < -0.4 is 10.5 Å². The molecule has 2 N–H and O–H groups in total. The molecule has 0 bridgehead atoms. The van der Waals surface area contributed by atoms with E-state index in [9.17, 15) is 8.42 Å². The fourth-order valence-corrected chi connectivity index (χ4v) is 2.15. The first-order valence-corrected chi connectivity index (χ1v) is 7.58. The number of hydrogen-bond acceptors (Lipinski definition) is 4. The maximum absolute atomic E-state index is 10.9. The van der Waals surface area contributed by atoms with Gasteiger partial charge in [0.1, 0.15) is 15.6 Å². The van der Waals surface area contributed by atoms with Crippen LogP contribution in [-0.2, 0) is 16.4 Å². The molecule has 1 rings (SSSR count). The topological polar surface area (TPSA) is 69.4 Å². The molecule has 0 heterocycles. The van der Waals surface area contributed by atoms with Gasteiger partial charge in [0.25, 0.3) is 0 Å². The van der Waals surface area contributed by atoms with Crippen molar-refractivity contribution >= 4 is 9.84 Å². The second-order valence-corrected chi connectivity index (χ2v) is 6.41. The molecule has 5 heteroatoms. The molecule has 0 aliphatic carbocycles. The quantitative estimate of drug-likeness (QED) is 0.779. The van der Waals surface area contributed by atoms with Gasteiger partial charge in [-0.1, -0.05) is 17.7 Å². The summed E-state index contributed by atoms with van der Waals surface area (Å²) in [4.78, 5) is 0. The number of rotatable bonds is 6. The summed E-state index contributed by atoms with van der Waals surface area (Å²) >= 11 is 0. The lowest BCUT2D eigenvalue weighted by atomic mass is 10.1. The number of benzene rings is 1. The van der Waals surface area contributed by atoms with Gasteiger partial charge in [0.2, 0.25) is 0 Å². The van der Waals surface area contributed by atoms with Crippen molar-refractivity contribution in [3.63, 3.8) is 0 Å². The monoisotopic (exact) mass is 257 g/mol. The second kappa shape index (κ2) is 6.02. The molecule has 0 atom stereocenters. The van der Waals surface area contributed by atoms with Crippen LogP contribution in [0.5, 0.6) is 5.75 Å². The Kier molecular flexibility index (Phi) is 4.96. The van der Waals surface area contributed by atoms with Gasteiger partial charge in [-0.15, -0.1) is 0 Å². The maximum Gasteiger partial charge on any atom is 0.147 e. The highest BCUT2D eigenvalue weighted by atomic mass is 32.2. The summed E-state index contributed by atoms with van der Waals surface area (Å²) in [5.74, 6) is 0.892. The summed E-state index contributed by atoms with van der Waals surface area (Å²) in [5, 5.41) is 0. The van der Waals surface area contributed by atoms with E-state index in [1.807, 2.05) is 25.1 Å². The minimum Gasteiger partial charge on any atom is -0.493 e. The van der Waals surface area contributed by atoms with Crippen molar-refractivity contribution in [3.8, 4) is 5.75 Å². The van der Waals surface area contributed by atoms with E-state index in [0.29, 0.717) is 19.6 Å². The third kappa shape index (κ3) is 5.19. The normalized spacial score (nSPS) is 11.5. The van der Waals surface area contributed by atoms with Gasteiger partial charge in [-0.05, 0) is 19.4 Å². The number of ether oxygens (including phenoxy) is 1. The summed E-state index contributed by atoms with van der Waals surface area (Å²) in [6.07, 6.45) is 1.72. The fraction of sp³-hybridized carbons (Fsp3) is 0.500.